The first-order valence-electron chi connectivity index (χ1n) is 10.4. The number of hydrogen-bond donors (Lipinski definition) is 0. The maximum Gasteiger partial charge on any atom is 0.282 e. The molecule has 176 valence electrons. The molecule has 5 rings (SSSR count). The van der Waals surface area contributed by atoms with Gasteiger partial charge in [-0.05, 0) is 48.9 Å². The van der Waals surface area contributed by atoms with E-state index in [-0.39, 0.29) is 24.6 Å². The zero-order valence-electron chi connectivity index (χ0n) is 18.3. The molecule has 3 aromatic carbocycles. The van der Waals surface area contributed by atoms with Crippen LogP contribution in [0.25, 0.3) is 10.9 Å². The second-order valence-electron chi connectivity index (χ2n) is 7.64. The highest BCUT2D eigenvalue weighted by Gasteiger charge is 2.15. The summed E-state index contributed by atoms with van der Waals surface area (Å²) in [6.07, 6.45) is 1.35. The van der Waals surface area contributed by atoms with E-state index in [1.54, 1.807) is 31.2 Å². The molecule has 10 nitrogen and oxygen atoms in total. The normalized spacial score (nSPS) is 12.4. The molecular weight excluding hydrogens is 520 g/mol. The Bertz CT molecular complexity index is 1570. The van der Waals surface area contributed by atoms with Gasteiger partial charge < -0.3 is 14.2 Å². The van der Waals surface area contributed by atoms with Crippen molar-refractivity contribution in [1.29, 1.82) is 0 Å². The molecule has 0 saturated heterocycles. The van der Waals surface area contributed by atoms with Crippen LogP contribution < -0.4 is 19.8 Å². The molecule has 11 heteroatoms. The molecule has 1 aromatic heterocycles. The third kappa shape index (κ3) is 4.58. The number of aromatic nitrogens is 2. The highest BCUT2D eigenvalue weighted by Crippen LogP contribution is 2.33. The van der Waals surface area contributed by atoms with E-state index in [1.165, 1.54) is 24.4 Å². The van der Waals surface area contributed by atoms with Crippen molar-refractivity contribution in [2.24, 2.45) is 5.10 Å². The molecule has 0 atom stereocenters. The van der Waals surface area contributed by atoms with E-state index in [0.29, 0.717) is 39.5 Å². The molecule has 0 fully saturated rings. The summed E-state index contributed by atoms with van der Waals surface area (Å²) in [7, 11) is 0. The lowest BCUT2D eigenvalue weighted by Crippen LogP contribution is -2.20. The molecule has 0 aliphatic carbocycles. The molecule has 0 radical (unpaired) electrons. The van der Waals surface area contributed by atoms with Crippen LogP contribution in [0, 0.1) is 17.0 Å². The van der Waals surface area contributed by atoms with Gasteiger partial charge >= 0.3 is 0 Å². The van der Waals surface area contributed by atoms with Crippen LogP contribution in [0.4, 0.5) is 5.69 Å². The number of nitrogens with zero attached hydrogens (tertiary/aromatic N) is 4. The van der Waals surface area contributed by atoms with Crippen LogP contribution >= 0.6 is 15.9 Å². The maximum atomic E-state index is 13.0. The number of nitro benzene ring substituents is 1. The molecule has 35 heavy (non-hydrogen) atoms. The molecular formula is C24H17BrN4O6. The molecule has 0 bridgehead atoms. The Kier molecular flexibility index (Phi) is 5.91. The van der Waals surface area contributed by atoms with Crippen molar-refractivity contribution >= 4 is 38.7 Å². The Balaban J connectivity index is 1.48. The summed E-state index contributed by atoms with van der Waals surface area (Å²) in [5.41, 5.74) is 1.21. The van der Waals surface area contributed by atoms with Crippen molar-refractivity contribution in [1.82, 2.24) is 9.66 Å². The summed E-state index contributed by atoms with van der Waals surface area (Å²) in [6, 6.07) is 14.8. The Hall–Kier alpha value is -4.25. The molecule has 0 amide bonds. The molecule has 0 spiro atoms. The smallest absolute Gasteiger partial charge is 0.282 e. The average Bonchev–Trinajstić information content (AvgIpc) is 3.31. The summed E-state index contributed by atoms with van der Waals surface area (Å²) in [6.45, 7) is 2.01. The lowest BCUT2D eigenvalue weighted by atomic mass is 10.2. The van der Waals surface area contributed by atoms with Gasteiger partial charge in [-0.1, -0.05) is 22.0 Å². The molecule has 0 N–H and O–H groups in total. The fourth-order valence-electron chi connectivity index (χ4n) is 3.59. The van der Waals surface area contributed by atoms with Crippen LogP contribution in [0.15, 0.2) is 69.0 Å². The molecule has 2 heterocycles. The first-order chi connectivity index (χ1) is 16.9. The summed E-state index contributed by atoms with van der Waals surface area (Å²) in [4.78, 5) is 28.3. The minimum Gasteiger partial charge on any atom is -0.488 e. The molecule has 0 saturated carbocycles. The van der Waals surface area contributed by atoms with Crippen molar-refractivity contribution in [3.8, 4) is 17.2 Å². The Labute approximate surface area is 206 Å². The number of hydrogen-bond acceptors (Lipinski definition) is 8. The third-order valence-electron chi connectivity index (χ3n) is 5.32. The number of non-ortho nitro benzene ring substituents is 1. The maximum absolute atomic E-state index is 13.0. The summed E-state index contributed by atoms with van der Waals surface area (Å²) in [5, 5.41) is 16.0. The van der Waals surface area contributed by atoms with Crippen molar-refractivity contribution in [3.63, 3.8) is 0 Å². The average molecular weight is 537 g/mol. The van der Waals surface area contributed by atoms with E-state index >= 15 is 0 Å². The minimum atomic E-state index is -0.508. The van der Waals surface area contributed by atoms with Crippen molar-refractivity contribution in [2.75, 3.05) is 6.79 Å². The molecule has 4 aromatic rings. The zero-order valence-corrected chi connectivity index (χ0v) is 19.9. The van der Waals surface area contributed by atoms with Gasteiger partial charge in [0.15, 0.2) is 11.5 Å². The molecule has 1 aliphatic rings. The summed E-state index contributed by atoms with van der Waals surface area (Å²) >= 11 is 3.36. The van der Waals surface area contributed by atoms with Gasteiger partial charge in [0.1, 0.15) is 18.2 Å². The minimum absolute atomic E-state index is 0.133. The highest BCUT2D eigenvalue weighted by molar-refractivity contribution is 9.10. The number of ether oxygens (including phenoxy) is 3. The van der Waals surface area contributed by atoms with E-state index in [4.69, 9.17) is 14.2 Å². The van der Waals surface area contributed by atoms with Gasteiger partial charge in [-0.25, -0.2) is 4.98 Å². The standard InChI is InChI=1S/C24H17BrN4O6/c1-14-27-20-5-3-17(25)10-19(20)24(30)28(14)26-11-16-9-18(29(31)32)4-7-21(16)33-12-15-2-6-22-23(8-15)35-13-34-22/h2-11H,12-13H2,1H3. The summed E-state index contributed by atoms with van der Waals surface area (Å²) in [5.74, 6) is 2.02. The van der Waals surface area contributed by atoms with Crippen LogP contribution in [-0.2, 0) is 6.61 Å². The third-order valence-corrected chi connectivity index (χ3v) is 5.81. The fraction of sp³-hybridized carbons (Fsp3) is 0.125. The quantitative estimate of drug-likeness (QED) is 0.201. The van der Waals surface area contributed by atoms with Gasteiger partial charge in [0.2, 0.25) is 6.79 Å². The van der Waals surface area contributed by atoms with Gasteiger partial charge in [0.05, 0.1) is 22.0 Å². The lowest BCUT2D eigenvalue weighted by Gasteiger charge is -2.10. The second-order valence-corrected chi connectivity index (χ2v) is 8.55. The van der Waals surface area contributed by atoms with Crippen LogP contribution in [0.5, 0.6) is 17.2 Å². The Morgan fingerprint density at radius 1 is 1.17 bits per heavy atom. The van der Waals surface area contributed by atoms with Crippen molar-refractivity contribution in [3.05, 3.63) is 96.5 Å². The monoisotopic (exact) mass is 536 g/mol. The number of halogens is 1. The van der Waals surface area contributed by atoms with Crippen LogP contribution in [0.2, 0.25) is 0 Å². The van der Waals surface area contributed by atoms with Crippen LogP contribution in [-0.4, -0.2) is 27.6 Å². The number of nitro groups is 1. The van der Waals surface area contributed by atoms with Crippen molar-refractivity contribution < 1.29 is 19.1 Å². The van der Waals surface area contributed by atoms with Gasteiger partial charge in [-0.3, -0.25) is 14.9 Å². The number of aryl methyl sites for hydroxylation is 1. The lowest BCUT2D eigenvalue weighted by molar-refractivity contribution is -0.384. The predicted molar refractivity (Wildman–Crippen MR) is 131 cm³/mol. The van der Waals surface area contributed by atoms with E-state index in [9.17, 15) is 14.9 Å². The number of rotatable bonds is 6. The zero-order chi connectivity index (χ0) is 24.5. The first-order valence-corrected chi connectivity index (χ1v) is 11.2. The van der Waals surface area contributed by atoms with E-state index in [0.717, 1.165) is 14.7 Å². The SMILES string of the molecule is Cc1nc2ccc(Br)cc2c(=O)n1N=Cc1cc([N+](=O)[O-])ccc1OCc1ccc2c(c1)OCO2. The van der Waals surface area contributed by atoms with Gasteiger partial charge in [0, 0.05) is 22.2 Å². The topological polar surface area (TPSA) is 118 Å². The van der Waals surface area contributed by atoms with Gasteiger partial charge in [-0.15, -0.1) is 0 Å². The van der Waals surface area contributed by atoms with Gasteiger partial charge in [0.25, 0.3) is 11.2 Å². The molecule has 0 unspecified atom stereocenters. The van der Waals surface area contributed by atoms with Crippen LogP contribution in [0.3, 0.4) is 0 Å². The van der Waals surface area contributed by atoms with Gasteiger partial charge in [-0.2, -0.15) is 9.78 Å². The van der Waals surface area contributed by atoms with Crippen LogP contribution in [0.1, 0.15) is 17.0 Å². The number of benzene rings is 3. The largest absolute Gasteiger partial charge is 0.488 e. The first kappa shape index (κ1) is 22.5. The predicted octanol–water partition coefficient (Wildman–Crippen LogP) is 4.57. The fourth-order valence-corrected chi connectivity index (χ4v) is 3.95. The van der Waals surface area contributed by atoms with E-state index < -0.39 is 4.92 Å². The van der Waals surface area contributed by atoms with E-state index in [2.05, 4.69) is 26.0 Å². The van der Waals surface area contributed by atoms with E-state index in [1.807, 2.05) is 12.1 Å². The molecule has 1 aliphatic heterocycles. The Morgan fingerprint density at radius 2 is 2.00 bits per heavy atom. The van der Waals surface area contributed by atoms with Crippen molar-refractivity contribution in [2.45, 2.75) is 13.5 Å². The summed E-state index contributed by atoms with van der Waals surface area (Å²) < 4.78 is 18.5. The Morgan fingerprint density at radius 3 is 2.83 bits per heavy atom. The number of fused-ring (bicyclic) bond motifs is 2. The highest BCUT2D eigenvalue weighted by atomic mass is 79.9. The second kappa shape index (κ2) is 9.18.